The van der Waals surface area contributed by atoms with E-state index in [1.54, 1.807) is 0 Å². The molecule has 1 aromatic carbocycles. The van der Waals surface area contributed by atoms with E-state index in [-0.39, 0.29) is 36.5 Å². The number of hydrogen-bond donors (Lipinski definition) is 2. The van der Waals surface area contributed by atoms with Gasteiger partial charge >= 0.3 is 5.97 Å². The molecule has 0 bridgehead atoms. The number of esters is 1. The molecular weight excluding hydrogens is 369 g/mol. The van der Waals surface area contributed by atoms with Gasteiger partial charge in [-0.05, 0) is 39.8 Å². The van der Waals surface area contributed by atoms with Gasteiger partial charge in [0.2, 0.25) is 0 Å². The van der Waals surface area contributed by atoms with Gasteiger partial charge in [-0.25, -0.2) is 4.99 Å². The molecule has 0 saturated heterocycles. The molecule has 0 aliphatic heterocycles. The van der Waals surface area contributed by atoms with Crippen LogP contribution in [0.4, 0.5) is 5.69 Å². The number of nitrogens with two attached hydrogens (primary N) is 1. The topological polar surface area (TPSA) is 76.7 Å². The zero-order chi connectivity index (χ0) is 14.5. The number of nitrogens with zero attached hydrogens (tertiary/aromatic N) is 1. The fourth-order valence-corrected chi connectivity index (χ4v) is 1.35. The number of ether oxygens (including phenoxy) is 1. The van der Waals surface area contributed by atoms with Crippen LogP contribution in [-0.4, -0.2) is 24.1 Å². The maximum Gasteiger partial charge on any atom is 0.328 e. The van der Waals surface area contributed by atoms with Crippen LogP contribution in [0.15, 0.2) is 29.3 Å². The number of halogens is 1. The number of anilines is 1. The zero-order valence-corrected chi connectivity index (χ0v) is 14.6. The molecule has 0 atom stereocenters. The number of carbonyl (C=O) groups excluding carboxylic acids is 1. The van der Waals surface area contributed by atoms with Crippen molar-refractivity contribution in [2.45, 2.75) is 33.3 Å². The monoisotopic (exact) mass is 391 g/mol. The predicted molar refractivity (Wildman–Crippen MR) is 92.6 cm³/mol. The lowest BCUT2D eigenvalue weighted by Crippen LogP contribution is -2.28. The van der Waals surface area contributed by atoms with Crippen LogP contribution in [0.25, 0.3) is 0 Å². The highest BCUT2D eigenvalue weighted by atomic mass is 127. The summed E-state index contributed by atoms with van der Waals surface area (Å²) in [6.45, 7) is 7.33. The van der Waals surface area contributed by atoms with Crippen LogP contribution in [0.3, 0.4) is 0 Å². The van der Waals surface area contributed by atoms with Crippen molar-refractivity contribution in [1.29, 1.82) is 0 Å². The number of nitrogens with one attached hydrogen (secondary N) is 1. The van der Waals surface area contributed by atoms with Crippen molar-refractivity contribution < 1.29 is 9.53 Å². The number of carbonyl (C=O) groups is 1. The molecule has 1 aromatic rings. The Hall–Kier alpha value is -1.31. The Morgan fingerprint density at radius 3 is 2.35 bits per heavy atom. The summed E-state index contributed by atoms with van der Waals surface area (Å²) in [5, 5.41) is 2.91. The highest BCUT2D eigenvalue weighted by Crippen LogP contribution is 2.08. The molecule has 0 fully saturated rings. The second kappa shape index (κ2) is 8.08. The van der Waals surface area contributed by atoms with Crippen molar-refractivity contribution in [3.05, 3.63) is 29.8 Å². The zero-order valence-electron chi connectivity index (χ0n) is 12.3. The molecule has 0 aromatic heterocycles. The van der Waals surface area contributed by atoms with Gasteiger partial charge in [0.05, 0.1) is 0 Å². The van der Waals surface area contributed by atoms with E-state index in [2.05, 4.69) is 10.3 Å². The molecule has 5 nitrogen and oxygen atoms in total. The molecule has 0 unspecified atom stereocenters. The number of aryl methyl sites for hydroxylation is 1. The average molecular weight is 391 g/mol. The number of hydrogen-bond acceptors (Lipinski definition) is 3. The van der Waals surface area contributed by atoms with Crippen molar-refractivity contribution in [3.63, 3.8) is 0 Å². The summed E-state index contributed by atoms with van der Waals surface area (Å²) in [6, 6.07) is 7.71. The molecule has 112 valence electrons. The predicted octanol–water partition coefficient (Wildman–Crippen LogP) is 2.68. The second-order valence-corrected chi connectivity index (χ2v) is 5.28. The van der Waals surface area contributed by atoms with Crippen LogP contribution in [0.5, 0.6) is 0 Å². The summed E-state index contributed by atoms with van der Waals surface area (Å²) in [5.74, 6) is -0.212. The molecule has 0 aliphatic carbocycles. The second-order valence-electron chi connectivity index (χ2n) is 5.28. The lowest BCUT2D eigenvalue weighted by atomic mass is 10.2. The number of guanidine groups is 1. The quantitative estimate of drug-likeness (QED) is 0.360. The first kappa shape index (κ1) is 18.7. The van der Waals surface area contributed by atoms with E-state index in [0.29, 0.717) is 0 Å². The van der Waals surface area contributed by atoms with Gasteiger partial charge in [0.25, 0.3) is 0 Å². The lowest BCUT2D eigenvalue weighted by molar-refractivity contribution is -0.152. The van der Waals surface area contributed by atoms with Crippen molar-refractivity contribution in [3.8, 4) is 0 Å². The highest BCUT2D eigenvalue weighted by molar-refractivity contribution is 14.0. The molecule has 0 heterocycles. The minimum atomic E-state index is -0.508. The smallest absolute Gasteiger partial charge is 0.328 e. The molecule has 0 amide bonds. The van der Waals surface area contributed by atoms with Gasteiger partial charge in [0, 0.05) is 5.69 Å². The van der Waals surface area contributed by atoms with Gasteiger partial charge in [-0.1, -0.05) is 17.7 Å². The number of rotatable bonds is 3. The standard InChI is InChI=1S/C14H21N3O2.HI/c1-10-5-7-11(8-6-10)17-13(15)16-9-12(18)19-14(2,3)4;/h5-8H,9H2,1-4H3,(H3,15,16,17);1H. The molecule has 0 saturated carbocycles. The van der Waals surface area contributed by atoms with E-state index in [9.17, 15) is 4.79 Å². The van der Waals surface area contributed by atoms with E-state index >= 15 is 0 Å². The van der Waals surface area contributed by atoms with Gasteiger partial charge in [-0.15, -0.1) is 24.0 Å². The molecular formula is C14H22IN3O2. The van der Waals surface area contributed by atoms with Crippen LogP contribution in [0.1, 0.15) is 26.3 Å². The third kappa shape index (κ3) is 7.98. The Labute approximate surface area is 137 Å². The molecule has 0 aliphatic rings. The fourth-order valence-electron chi connectivity index (χ4n) is 1.35. The minimum Gasteiger partial charge on any atom is -0.459 e. The van der Waals surface area contributed by atoms with Gasteiger partial charge in [-0.3, -0.25) is 4.79 Å². The molecule has 0 radical (unpaired) electrons. The van der Waals surface area contributed by atoms with Crippen LogP contribution in [0, 0.1) is 6.92 Å². The summed E-state index contributed by atoms with van der Waals surface area (Å²) in [7, 11) is 0. The summed E-state index contributed by atoms with van der Waals surface area (Å²) in [5.41, 5.74) is 7.17. The molecule has 1 rings (SSSR count). The first-order valence-corrected chi connectivity index (χ1v) is 6.12. The average Bonchev–Trinajstić information content (AvgIpc) is 2.27. The Kier molecular flexibility index (Phi) is 7.55. The van der Waals surface area contributed by atoms with Gasteiger partial charge in [-0.2, -0.15) is 0 Å². The first-order chi connectivity index (χ1) is 8.76. The largest absolute Gasteiger partial charge is 0.459 e. The maximum atomic E-state index is 11.4. The van der Waals surface area contributed by atoms with Crippen molar-refractivity contribution >= 4 is 41.6 Å². The first-order valence-electron chi connectivity index (χ1n) is 6.12. The highest BCUT2D eigenvalue weighted by Gasteiger charge is 2.15. The molecule has 6 heteroatoms. The lowest BCUT2D eigenvalue weighted by Gasteiger charge is -2.18. The molecule has 20 heavy (non-hydrogen) atoms. The normalized spacial score (nSPS) is 11.5. The third-order valence-electron chi connectivity index (χ3n) is 2.12. The van der Waals surface area contributed by atoms with E-state index < -0.39 is 11.6 Å². The maximum absolute atomic E-state index is 11.4. The summed E-state index contributed by atoms with van der Waals surface area (Å²) in [4.78, 5) is 15.4. The molecule has 3 N–H and O–H groups in total. The van der Waals surface area contributed by atoms with Crippen molar-refractivity contribution in [1.82, 2.24) is 0 Å². The van der Waals surface area contributed by atoms with Crippen LogP contribution >= 0.6 is 24.0 Å². The van der Waals surface area contributed by atoms with E-state index in [1.165, 1.54) is 0 Å². The van der Waals surface area contributed by atoms with E-state index in [0.717, 1.165) is 11.3 Å². The molecule has 0 spiro atoms. The van der Waals surface area contributed by atoms with Crippen molar-refractivity contribution in [2.24, 2.45) is 10.7 Å². The Morgan fingerprint density at radius 1 is 1.30 bits per heavy atom. The van der Waals surface area contributed by atoms with Crippen LogP contribution < -0.4 is 11.1 Å². The van der Waals surface area contributed by atoms with Crippen LogP contribution in [0.2, 0.25) is 0 Å². The fraction of sp³-hybridized carbons (Fsp3) is 0.429. The van der Waals surface area contributed by atoms with Crippen LogP contribution in [-0.2, 0) is 9.53 Å². The Morgan fingerprint density at radius 2 is 1.85 bits per heavy atom. The van der Waals surface area contributed by atoms with Gasteiger partial charge < -0.3 is 15.8 Å². The van der Waals surface area contributed by atoms with Crippen molar-refractivity contribution in [2.75, 3.05) is 11.9 Å². The van der Waals surface area contributed by atoms with E-state index in [1.807, 2.05) is 52.0 Å². The summed E-state index contributed by atoms with van der Waals surface area (Å²) in [6.07, 6.45) is 0. The third-order valence-corrected chi connectivity index (χ3v) is 2.12. The van der Waals surface area contributed by atoms with Gasteiger partial charge in [0.1, 0.15) is 12.1 Å². The van der Waals surface area contributed by atoms with Gasteiger partial charge in [0.15, 0.2) is 5.96 Å². The minimum absolute atomic E-state index is 0. The SMILES string of the molecule is Cc1ccc(NC(N)=NCC(=O)OC(C)(C)C)cc1.I. The van der Waals surface area contributed by atoms with E-state index in [4.69, 9.17) is 10.5 Å². The number of benzene rings is 1. The summed E-state index contributed by atoms with van der Waals surface area (Å²) >= 11 is 0. The number of aliphatic imine (C=N–C) groups is 1. The summed E-state index contributed by atoms with van der Waals surface area (Å²) < 4.78 is 5.12. The Bertz CT molecular complexity index is 464. The Balaban J connectivity index is 0.00000361.